The zero-order valence-electron chi connectivity index (χ0n) is 10.0. The summed E-state index contributed by atoms with van der Waals surface area (Å²) in [6, 6.07) is 7.86. The Morgan fingerprint density at radius 1 is 1.18 bits per heavy atom. The molecule has 0 aliphatic heterocycles. The van der Waals surface area contributed by atoms with Crippen molar-refractivity contribution < 1.29 is 4.79 Å². The third kappa shape index (κ3) is 2.35. The number of thiophene rings is 1. The molecule has 1 nitrogen and oxygen atoms in total. The second-order valence-corrected chi connectivity index (χ2v) is 6.75. The number of ketones is 1. The van der Waals surface area contributed by atoms with Gasteiger partial charge in [0.2, 0.25) is 0 Å². The number of rotatable bonds is 2. The molecule has 0 amide bonds. The summed E-state index contributed by atoms with van der Waals surface area (Å²) in [5.41, 5.74) is 3.72. The molecule has 0 fully saturated rings. The second-order valence-electron chi connectivity index (χ2n) is 4.12. The van der Waals surface area contributed by atoms with Crippen LogP contribution in [0.25, 0.3) is 0 Å². The number of aryl methyl sites for hydroxylation is 3. The van der Waals surface area contributed by atoms with Crippen molar-refractivity contribution in [3.05, 3.63) is 55.2 Å². The van der Waals surface area contributed by atoms with Crippen LogP contribution in [0.4, 0.5) is 0 Å². The van der Waals surface area contributed by atoms with Gasteiger partial charge in [-0.1, -0.05) is 18.2 Å². The fourth-order valence-electron chi connectivity index (χ4n) is 1.98. The van der Waals surface area contributed by atoms with Crippen LogP contribution in [0.15, 0.2) is 28.1 Å². The molecule has 1 aromatic carbocycles. The Labute approximate surface area is 114 Å². The number of benzene rings is 1. The van der Waals surface area contributed by atoms with Gasteiger partial charge in [0.25, 0.3) is 0 Å². The van der Waals surface area contributed by atoms with E-state index < -0.39 is 0 Å². The molecule has 0 saturated heterocycles. The van der Waals surface area contributed by atoms with Gasteiger partial charge in [-0.25, -0.2) is 0 Å². The SMILES string of the molecule is Cc1cccc(C)c1C(=O)c1cc(Br)sc1C. The topological polar surface area (TPSA) is 17.1 Å². The smallest absolute Gasteiger partial charge is 0.194 e. The largest absolute Gasteiger partial charge is 0.289 e. The molecule has 2 aromatic rings. The van der Waals surface area contributed by atoms with E-state index in [0.717, 1.165) is 30.9 Å². The molecule has 0 bridgehead atoms. The lowest BCUT2D eigenvalue weighted by atomic mass is 9.95. The van der Waals surface area contributed by atoms with Gasteiger partial charge in [-0.2, -0.15) is 0 Å². The number of halogens is 1. The maximum atomic E-state index is 12.5. The standard InChI is InChI=1S/C14H13BrOS/c1-8-5-4-6-9(2)13(8)14(16)11-7-12(15)17-10(11)3/h4-7H,1-3H3. The van der Waals surface area contributed by atoms with Gasteiger partial charge < -0.3 is 0 Å². The Bertz CT molecular complexity index is 564. The molecule has 17 heavy (non-hydrogen) atoms. The summed E-state index contributed by atoms with van der Waals surface area (Å²) in [5, 5.41) is 0. The van der Waals surface area contributed by atoms with Crippen molar-refractivity contribution in [1.29, 1.82) is 0 Å². The highest BCUT2D eigenvalue weighted by molar-refractivity contribution is 9.11. The minimum Gasteiger partial charge on any atom is -0.289 e. The van der Waals surface area contributed by atoms with Gasteiger partial charge in [-0.05, 0) is 53.9 Å². The van der Waals surface area contributed by atoms with Gasteiger partial charge in [0.1, 0.15) is 0 Å². The van der Waals surface area contributed by atoms with Crippen LogP contribution < -0.4 is 0 Å². The van der Waals surface area contributed by atoms with Crippen LogP contribution in [0.3, 0.4) is 0 Å². The van der Waals surface area contributed by atoms with Crippen molar-refractivity contribution in [2.75, 3.05) is 0 Å². The van der Waals surface area contributed by atoms with Gasteiger partial charge in [0, 0.05) is 16.0 Å². The maximum absolute atomic E-state index is 12.5. The van der Waals surface area contributed by atoms with E-state index in [4.69, 9.17) is 0 Å². The summed E-state index contributed by atoms with van der Waals surface area (Å²) in [6.45, 7) is 5.95. The van der Waals surface area contributed by atoms with Gasteiger partial charge >= 0.3 is 0 Å². The van der Waals surface area contributed by atoms with Crippen LogP contribution in [0.2, 0.25) is 0 Å². The first kappa shape index (κ1) is 12.5. The Hall–Kier alpha value is -0.930. The van der Waals surface area contributed by atoms with Crippen molar-refractivity contribution in [2.24, 2.45) is 0 Å². The third-order valence-corrected chi connectivity index (χ3v) is 4.39. The highest BCUT2D eigenvalue weighted by Crippen LogP contribution is 2.29. The lowest BCUT2D eigenvalue weighted by Crippen LogP contribution is -2.06. The number of hydrogen-bond donors (Lipinski definition) is 0. The predicted molar refractivity (Wildman–Crippen MR) is 76.1 cm³/mol. The van der Waals surface area contributed by atoms with E-state index in [1.165, 1.54) is 0 Å². The first-order chi connectivity index (χ1) is 8.00. The van der Waals surface area contributed by atoms with Crippen LogP contribution in [0, 0.1) is 20.8 Å². The minimum atomic E-state index is 0.125. The molecule has 0 atom stereocenters. The summed E-state index contributed by atoms with van der Waals surface area (Å²) in [6.07, 6.45) is 0. The van der Waals surface area contributed by atoms with Crippen LogP contribution in [-0.4, -0.2) is 5.78 Å². The average molecular weight is 309 g/mol. The van der Waals surface area contributed by atoms with Crippen LogP contribution in [0.1, 0.15) is 31.9 Å². The van der Waals surface area contributed by atoms with Crippen LogP contribution in [-0.2, 0) is 0 Å². The van der Waals surface area contributed by atoms with Crippen molar-refractivity contribution in [3.63, 3.8) is 0 Å². The summed E-state index contributed by atoms with van der Waals surface area (Å²) in [5.74, 6) is 0.125. The summed E-state index contributed by atoms with van der Waals surface area (Å²) >= 11 is 5.03. The van der Waals surface area contributed by atoms with Gasteiger partial charge in [0.15, 0.2) is 5.78 Å². The lowest BCUT2D eigenvalue weighted by molar-refractivity contribution is 0.103. The van der Waals surface area contributed by atoms with Gasteiger partial charge in [0.05, 0.1) is 3.79 Å². The predicted octanol–water partition coefficient (Wildman–Crippen LogP) is 4.67. The first-order valence-electron chi connectivity index (χ1n) is 5.37. The highest BCUT2D eigenvalue weighted by Gasteiger charge is 2.17. The summed E-state index contributed by atoms with van der Waals surface area (Å²) < 4.78 is 1.00. The molecule has 3 heteroatoms. The fourth-order valence-corrected chi connectivity index (χ4v) is 3.67. The Kier molecular flexibility index (Phi) is 3.50. The molecule has 2 rings (SSSR count). The molecule has 0 radical (unpaired) electrons. The molecule has 0 saturated carbocycles. The first-order valence-corrected chi connectivity index (χ1v) is 6.98. The molecule has 1 aromatic heterocycles. The molecular formula is C14H13BrOS. The molecule has 88 valence electrons. The van der Waals surface area contributed by atoms with Crippen LogP contribution in [0.5, 0.6) is 0 Å². The molecule has 0 N–H and O–H groups in total. The van der Waals surface area contributed by atoms with E-state index in [1.54, 1.807) is 11.3 Å². The molecule has 0 aliphatic carbocycles. The summed E-state index contributed by atoms with van der Waals surface area (Å²) in [4.78, 5) is 13.6. The van der Waals surface area contributed by atoms with Crippen LogP contribution >= 0.6 is 27.3 Å². The highest BCUT2D eigenvalue weighted by atomic mass is 79.9. The van der Waals surface area contributed by atoms with E-state index in [2.05, 4.69) is 15.9 Å². The van der Waals surface area contributed by atoms with Gasteiger partial charge in [-0.15, -0.1) is 11.3 Å². The molecule has 0 unspecified atom stereocenters. The van der Waals surface area contributed by atoms with E-state index in [1.807, 2.05) is 45.0 Å². The average Bonchev–Trinajstić information content (AvgIpc) is 2.57. The van der Waals surface area contributed by atoms with E-state index in [9.17, 15) is 4.79 Å². The number of carbonyl (C=O) groups is 1. The lowest BCUT2D eigenvalue weighted by Gasteiger charge is -2.08. The van der Waals surface area contributed by atoms with E-state index >= 15 is 0 Å². The molecule has 0 spiro atoms. The van der Waals surface area contributed by atoms with Crippen molar-refractivity contribution in [2.45, 2.75) is 20.8 Å². The fraction of sp³-hybridized carbons (Fsp3) is 0.214. The van der Waals surface area contributed by atoms with Gasteiger partial charge in [-0.3, -0.25) is 4.79 Å². The maximum Gasteiger partial charge on any atom is 0.194 e. The molecular weight excluding hydrogens is 296 g/mol. The molecule has 1 heterocycles. The Balaban J connectivity index is 2.55. The van der Waals surface area contributed by atoms with Crippen molar-refractivity contribution in [1.82, 2.24) is 0 Å². The summed E-state index contributed by atoms with van der Waals surface area (Å²) in [7, 11) is 0. The second kappa shape index (κ2) is 4.75. The Morgan fingerprint density at radius 2 is 1.76 bits per heavy atom. The zero-order chi connectivity index (χ0) is 12.6. The number of hydrogen-bond acceptors (Lipinski definition) is 2. The Morgan fingerprint density at radius 3 is 2.24 bits per heavy atom. The van der Waals surface area contributed by atoms with E-state index in [-0.39, 0.29) is 5.78 Å². The normalized spacial score (nSPS) is 10.6. The number of carbonyl (C=O) groups excluding carboxylic acids is 1. The monoisotopic (exact) mass is 308 g/mol. The minimum absolute atomic E-state index is 0.125. The quantitative estimate of drug-likeness (QED) is 0.737. The van der Waals surface area contributed by atoms with Crippen molar-refractivity contribution >= 4 is 33.0 Å². The van der Waals surface area contributed by atoms with E-state index in [0.29, 0.717) is 0 Å². The zero-order valence-corrected chi connectivity index (χ0v) is 12.4. The third-order valence-electron chi connectivity index (χ3n) is 2.84. The van der Waals surface area contributed by atoms with Crippen molar-refractivity contribution in [3.8, 4) is 0 Å². The molecule has 0 aliphatic rings.